The quantitative estimate of drug-likeness (QED) is 0.489. The number of hydrogen-bond acceptors (Lipinski definition) is 3. The van der Waals surface area contributed by atoms with E-state index in [1.807, 2.05) is 24.3 Å². The molecule has 0 bridgehead atoms. The van der Waals surface area contributed by atoms with Crippen molar-refractivity contribution in [3.05, 3.63) is 29.8 Å². The predicted octanol–water partition coefficient (Wildman–Crippen LogP) is 4.72. The zero-order valence-corrected chi connectivity index (χ0v) is 17.3. The SMILES string of the molecule is CCCCC(=O)NC(NC(=O)CCCC)c1ccc(OCCC(C)C)cc1. The fourth-order valence-corrected chi connectivity index (χ4v) is 2.51. The first-order valence-electron chi connectivity index (χ1n) is 10.3. The van der Waals surface area contributed by atoms with Crippen LogP contribution in [0, 0.1) is 5.92 Å². The van der Waals surface area contributed by atoms with Crippen LogP contribution in [0.5, 0.6) is 5.75 Å². The van der Waals surface area contributed by atoms with Gasteiger partial charge in [-0.25, -0.2) is 0 Å². The molecule has 0 aliphatic carbocycles. The molecule has 0 saturated carbocycles. The Hall–Kier alpha value is -2.04. The second-order valence-electron chi connectivity index (χ2n) is 7.38. The molecule has 0 fully saturated rings. The van der Waals surface area contributed by atoms with Gasteiger partial charge in [0, 0.05) is 12.8 Å². The van der Waals surface area contributed by atoms with Crippen molar-refractivity contribution in [1.82, 2.24) is 10.6 Å². The standard InChI is InChI=1S/C22H36N2O3/c1-5-7-9-20(25)23-22(24-21(26)10-8-6-2)18-11-13-19(14-12-18)27-16-15-17(3)4/h11-14,17,22H,5-10,15-16H2,1-4H3,(H,23,25)(H,24,26). The van der Waals surface area contributed by atoms with E-state index in [1.54, 1.807) is 0 Å². The lowest BCUT2D eigenvalue weighted by Gasteiger charge is -2.21. The predicted molar refractivity (Wildman–Crippen MR) is 109 cm³/mol. The lowest BCUT2D eigenvalue weighted by molar-refractivity contribution is -0.124. The fraction of sp³-hybridized carbons (Fsp3) is 0.636. The lowest BCUT2D eigenvalue weighted by atomic mass is 10.1. The van der Waals surface area contributed by atoms with Gasteiger partial charge in [-0.3, -0.25) is 9.59 Å². The summed E-state index contributed by atoms with van der Waals surface area (Å²) in [7, 11) is 0. The van der Waals surface area contributed by atoms with Gasteiger partial charge in [0.1, 0.15) is 11.9 Å². The van der Waals surface area contributed by atoms with Crippen LogP contribution in [0.15, 0.2) is 24.3 Å². The Labute approximate surface area is 164 Å². The van der Waals surface area contributed by atoms with Crippen molar-refractivity contribution in [1.29, 1.82) is 0 Å². The molecule has 1 rings (SSSR count). The van der Waals surface area contributed by atoms with Crippen molar-refractivity contribution < 1.29 is 14.3 Å². The molecular weight excluding hydrogens is 340 g/mol. The molecule has 0 aliphatic rings. The van der Waals surface area contributed by atoms with E-state index in [2.05, 4.69) is 38.3 Å². The summed E-state index contributed by atoms with van der Waals surface area (Å²) in [6.07, 6.45) is 5.03. The largest absolute Gasteiger partial charge is 0.494 e. The van der Waals surface area contributed by atoms with Gasteiger partial charge in [0.15, 0.2) is 0 Å². The minimum Gasteiger partial charge on any atom is -0.494 e. The van der Waals surface area contributed by atoms with E-state index in [0.29, 0.717) is 25.4 Å². The molecule has 0 atom stereocenters. The maximum atomic E-state index is 12.2. The third kappa shape index (κ3) is 10.0. The van der Waals surface area contributed by atoms with Crippen LogP contribution < -0.4 is 15.4 Å². The number of carbonyl (C=O) groups is 2. The molecule has 2 amide bonds. The molecule has 1 aromatic rings. The molecule has 0 heterocycles. The van der Waals surface area contributed by atoms with Gasteiger partial charge < -0.3 is 15.4 Å². The summed E-state index contributed by atoms with van der Waals surface area (Å²) in [5.41, 5.74) is 0.848. The highest BCUT2D eigenvalue weighted by Gasteiger charge is 2.17. The zero-order valence-electron chi connectivity index (χ0n) is 17.3. The van der Waals surface area contributed by atoms with Crippen molar-refractivity contribution in [2.75, 3.05) is 6.61 Å². The summed E-state index contributed by atoms with van der Waals surface area (Å²) < 4.78 is 5.75. The normalized spacial score (nSPS) is 10.9. The Morgan fingerprint density at radius 2 is 1.44 bits per heavy atom. The molecule has 0 aliphatic heterocycles. The van der Waals surface area contributed by atoms with Crippen molar-refractivity contribution in [3.8, 4) is 5.75 Å². The highest BCUT2D eigenvalue weighted by Crippen LogP contribution is 2.18. The van der Waals surface area contributed by atoms with E-state index in [1.165, 1.54) is 0 Å². The van der Waals surface area contributed by atoms with Crippen molar-refractivity contribution in [2.24, 2.45) is 5.92 Å². The molecule has 0 unspecified atom stereocenters. The average Bonchev–Trinajstić information content (AvgIpc) is 2.64. The topological polar surface area (TPSA) is 67.4 Å². The van der Waals surface area contributed by atoms with Gasteiger partial charge >= 0.3 is 0 Å². The van der Waals surface area contributed by atoms with Crippen LogP contribution >= 0.6 is 0 Å². The van der Waals surface area contributed by atoms with Crippen LogP contribution in [0.3, 0.4) is 0 Å². The maximum Gasteiger partial charge on any atom is 0.221 e. The highest BCUT2D eigenvalue weighted by molar-refractivity contribution is 5.79. The van der Waals surface area contributed by atoms with Gasteiger partial charge in [-0.15, -0.1) is 0 Å². The molecule has 0 saturated heterocycles. The first-order valence-corrected chi connectivity index (χ1v) is 10.3. The second-order valence-corrected chi connectivity index (χ2v) is 7.38. The number of ether oxygens (including phenoxy) is 1. The van der Waals surface area contributed by atoms with Crippen molar-refractivity contribution in [3.63, 3.8) is 0 Å². The number of amides is 2. The number of rotatable bonds is 13. The molecule has 27 heavy (non-hydrogen) atoms. The average molecular weight is 377 g/mol. The maximum absolute atomic E-state index is 12.2. The number of carbonyl (C=O) groups excluding carboxylic acids is 2. The van der Waals surface area contributed by atoms with E-state index in [4.69, 9.17) is 4.74 Å². The Morgan fingerprint density at radius 3 is 1.89 bits per heavy atom. The molecule has 5 heteroatoms. The third-order valence-electron chi connectivity index (χ3n) is 4.30. The molecule has 0 radical (unpaired) electrons. The van der Waals surface area contributed by atoms with E-state index >= 15 is 0 Å². The summed E-state index contributed by atoms with van der Waals surface area (Å²) >= 11 is 0. The van der Waals surface area contributed by atoms with Gasteiger partial charge in [-0.05, 0) is 42.9 Å². The van der Waals surface area contributed by atoms with Gasteiger partial charge in [-0.2, -0.15) is 0 Å². The fourth-order valence-electron chi connectivity index (χ4n) is 2.51. The van der Waals surface area contributed by atoms with Crippen LogP contribution in [-0.4, -0.2) is 18.4 Å². The summed E-state index contributed by atoms with van der Waals surface area (Å²) in [5, 5.41) is 5.88. The van der Waals surface area contributed by atoms with Crippen LogP contribution in [0.4, 0.5) is 0 Å². The monoisotopic (exact) mass is 376 g/mol. The minimum atomic E-state index is -0.511. The van der Waals surface area contributed by atoms with Crippen LogP contribution in [0.2, 0.25) is 0 Å². The van der Waals surface area contributed by atoms with Crippen molar-refractivity contribution in [2.45, 2.75) is 78.8 Å². The molecule has 152 valence electrons. The number of benzene rings is 1. The Kier molecular flexibility index (Phi) is 11.2. The summed E-state index contributed by atoms with van der Waals surface area (Å²) in [6, 6.07) is 7.57. The van der Waals surface area contributed by atoms with Gasteiger partial charge in [0.25, 0.3) is 0 Å². The minimum absolute atomic E-state index is 0.0464. The number of nitrogens with one attached hydrogen (secondary N) is 2. The summed E-state index contributed by atoms with van der Waals surface area (Å²) in [4.78, 5) is 24.3. The van der Waals surface area contributed by atoms with E-state index in [0.717, 1.165) is 43.4 Å². The van der Waals surface area contributed by atoms with Crippen LogP contribution in [0.1, 0.15) is 84.4 Å². The second kappa shape index (κ2) is 13.2. The van der Waals surface area contributed by atoms with E-state index in [9.17, 15) is 9.59 Å². The molecular formula is C22H36N2O3. The molecule has 0 aromatic heterocycles. The summed E-state index contributed by atoms with van der Waals surface area (Å²) in [5.74, 6) is 1.31. The highest BCUT2D eigenvalue weighted by atomic mass is 16.5. The Bertz CT molecular complexity index is 533. The first kappa shape index (κ1) is 23.0. The van der Waals surface area contributed by atoms with E-state index in [-0.39, 0.29) is 11.8 Å². The smallest absolute Gasteiger partial charge is 0.221 e. The Balaban J connectivity index is 2.74. The lowest BCUT2D eigenvalue weighted by Crippen LogP contribution is -2.41. The zero-order chi connectivity index (χ0) is 20.1. The van der Waals surface area contributed by atoms with E-state index < -0.39 is 6.17 Å². The van der Waals surface area contributed by atoms with Crippen LogP contribution in [-0.2, 0) is 9.59 Å². The molecule has 1 aromatic carbocycles. The van der Waals surface area contributed by atoms with Crippen molar-refractivity contribution >= 4 is 11.8 Å². The van der Waals surface area contributed by atoms with Gasteiger partial charge in [-0.1, -0.05) is 52.7 Å². The molecule has 5 nitrogen and oxygen atoms in total. The van der Waals surface area contributed by atoms with Crippen LogP contribution in [0.25, 0.3) is 0 Å². The molecule has 0 spiro atoms. The summed E-state index contributed by atoms with van der Waals surface area (Å²) in [6.45, 7) is 9.12. The number of unbranched alkanes of at least 4 members (excludes halogenated alkanes) is 2. The van der Waals surface area contributed by atoms with Gasteiger partial charge in [0.2, 0.25) is 11.8 Å². The number of hydrogen-bond donors (Lipinski definition) is 2. The van der Waals surface area contributed by atoms with Gasteiger partial charge in [0.05, 0.1) is 6.61 Å². The Morgan fingerprint density at radius 1 is 0.926 bits per heavy atom. The molecule has 2 N–H and O–H groups in total. The third-order valence-corrected chi connectivity index (χ3v) is 4.30. The first-order chi connectivity index (χ1) is 13.0.